The molecule has 0 bridgehead atoms. The molecule has 1 aromatic rings. The quantitative estimate of drug-likeness (QED) is 0.598. The van der Waals surface area contributed by atoms with E-state index in [2.05, 4.69) is 5.32 Å². The Labute approximate surface area is 140 Å². The molecule has 6 nitrogen and oxygen atoms in total. The summed E-state index contributed by atoms with van der Waals surface area (Å²) < 4.78 is 4.96. The van der Waals surface area contributed by atoms with Crippen LogP contribution in [0.3, 0.4) is 0 Å². The van der Waals surface area contributed by atoms with Crippen LogP contribution >= 0.6 is 11.8 Å². The number of nitrogens with one attached hydrogen (secondary N) is 1. The lowest BCUT2D eigenvalue weighted by molar-refractivity contribution is -0.147. The highest BCUT2D eigenvalue weighted by Gasteiger charge is 2.17. The number of aryl methyl sites for hydroxylation is 1. The summed E-state index contributed by atoms with van der Waals surface area (Å²) in [6.07, 6.45) is 0. The van der Waals surface area contributed by atoms with Gasteiger partial charge < -0.3 is 15.0 Å². The summed E-state index contributed by atoms with van der Waals surface area (Å²) in [5.41, 5.74) is 1.15. The van der Waals surface area contributed by atoms with Crippen LogP contribution in [0.2, 0.25) is 0 Å². The highest BCUT2D eigenvalue weighted by molar-refractivity contribution is 8.00. The Balaban J connectivity index is 2.33. The van der Waals surface area contributed by atoms with Crippen molar-refractivity contribution in [3.8, 4) is 0 Å². The molecule has 0 aliphatic rings. The zero-order valence-electron chi connectivity index (χ0n) is 13.8. The average molecular weight is 338 g/mol. The lowest BCUT2D eigenvalue weighted by Crippen LogP contribution is -2.38. The van der Waals surface area contributed by atoms with E-state index in [1.807, 2.05) is 31.2 Å². The Morgan fingerprint density at radius 2 is 1.83 bits per heavy atom. The molecule has 0 aliphatic heterocycles. The zero-order chi connectivity index (χ0) is 17.4. The minimum absolute atomic E-state index is 0.114. The van der Waals surface area contributed by atoms with Crippen LogP contribution in [0, 0.1) is 6.92 Å². The molecule has 1 atom stereocenters. The number of hydrogen-bond donors (Lipinski definition) is 1. The van der Waals surface area contributed by atoms with Gasteiger partial charge in [0.25, 0.3) is 5.91 Å². The second kappa shape index (κ2) is 9.19. The molecule has 23 heavy (non-hydrogen) atoms. The van der Waals surface area contributed by atoms with Crippen LogP contribution in [-0.4, -0.2) is 55.2 Å². The van der Waals surface area contributed by atoms with Crippen LogP contribution in [0.4, 0.5) is 0 Å². The topological polar surface area (TPSA) is 75.7 Å². The van der Waals surface area contributed by atoms with Crippen LogP contribution in [0.15, 0.2) is 29.2 Å². The van der Waals surface area contributed by atoms with E-state index in [0.717, 1.165) is 10.5 Å². The fourth-order valence-electron chi connectivity index (χ4n) is 1.51. The van der Waals surface area contributed by atoms with Crippen molar-refractivity contribution in [1.82, 2.24) is 10.2 Å². The van der Waals surface area contributed by atoms with Gasteiger partial charge in [-0.25, -0.2) is 0 Å². The number of ether oxygens (including phenoxy) is 1. The maximum Gasteiger partial charge on any atom is 0.319 e. The van der Waals surface area contributed by atoms with E-state index in [9.17, 15) is 14.4 Å². The number of carbonyl (C=O) groups is 3. The Bertz CT molecular complexity index is 558. The van der Waals surface area contributed by atoms with E-state index in [1.165, 1.54) is 16.7 Å². The van der Waals surface area contributed by atoms with Crippen LogP contribution in [0.1, 0.15) is 12.5 Å². The van der Waals surface area contributed by atoms with Gasteiger partial charge in [0.15, 0.2) is 6.61 Å². The number of benzene rings is 1. The van der Waals surface area contributed by atoms with E-state index in [1.54, 1.807) is 21.0 Å². The van der Waals surface area contributed by atoms with Gasteiger partial charge in [0, 0.05) is 19.0 Å². The Morgan fingerprint density at radius 1 is 1.22 bits per heavy atom. The van der Waals surface area contributed by atoms with Crippen molar-refractivity contribution in [3.05, 3.63) is 29.8 Å². The molecule has 0 aromatic heterocycles. The Hall–Kier alpha value is -2.02. The van der Waals surface area contributed by atoms with Crippen LogP contribution in [-0.2, 0) is 19.1 Å². The van der Waals surface area contributed by atoms with Crippen molar-refractivity contribution in [3.63, 3.8) is 0 Å². The fourth-order valence-corrected chi connectivity index (χ4v) is 2.37. The van der Waals surface area contributed by atoms with E-state index >= 15 is 0 Å². The second-order valence-corrected chi connectivity index (χ2v) is 6.66. The largest absolute Gasteiger partial charge is 0.455 e. The third kappa shape index (κ3) is 7.19. The Kier molecular flexibility index (Phi) is 7.61. The molecule has 0 radical (unpaired) electrons. The van der Waals surface area contributed by atoms with Gasteiger partial charge in [0.05, 0.1) is 6.54 Å². The molecule has 0 saturated heterocycles. The monoisotopic (exact) mass is 338 g/mol. The van der Waals surface area contributed by atoms with Crippen molar-refractivity contribution in [2.45, 2.75) is 24.0 Å². The number of likely N-dealkylation sites (N-methyl/N-ethyl adjacent to an activating group) is 1. The van der Waals surface area contributed by atoms with Gasteiger partial charge in [0.2, 0.25) is 5.91 Å². The van der Waals surface area contributed by atoms with Crippen molar-refractivity contribution in [2.24, 2.45) is 0 Å². The number of carbonyl (C=O) groups excluding carboxylic acids is 3. The van der Waals surface area contributed by atoms with Crippen molar-refractivity contribution in [1.29, 1.82) is 0 Å². The van der Waals surface area contributed by atoms with Crippen molar-refractivity contribution >= 4 is 29.5 Å². The summed E-state index contributed by atoms with van der Waals surface area (Å²) >= 11 is 1.37. The van der Waals surface area contributed by atoms with Gasteiger partial charge in [0.1, 0.15) is 5.25 Å². The lowest BCUT2D eigenvalue weighted by Gasteiger charge is -2.13. The molecule has 1 N–H and O–H groups in total. The molecule has 0 heterocycles. The third-order valence-corrected chi connectivity index (χ3v) is 4.04. The summed E-state index contributed by atoms with van der Waals surface area (Å²) in [5.74, 6) is -1.20. The lowest BCUT2D eigenvalue weighted by atomic mass is 10.2. The molecule has 1 rings (SSSR count). The van der Waals surface area contributed by atoms with E-state index in [-0.39, 0.29) is 12.5 Å². The number of nitrogens with zero attached hydrogens (tertiary/aromatic N) is 1. The second-order valence-electron chi connectivity index (χ2n) is 5.25. The maximum absolute atomic E-state index is 11.9. The third-order valence-electron chi connectivity index (χ3n) is 2.95. The molecule has 0 fully saturated rings. The summed E-state index contributed by atoms with van der Waals surface area (Å²) in [6, 6.07) is 7.80. The molecular weight excluding hydrogens is 316 g/mol. The maximum atomic E-state index is 11.9. The first-order chi connectivity index (χ1) is 10.8. The Morgan fingerprint density at radius 3 is 2.39 bits per heavy atom. The summed E-state index contributed by atoms with van der Waals surface area (Å²) in [5, 5.41) is 1.98. The predicted octanol–water partition coefficient (Wildman–Crippen LogP) is 1.22. The number of thioether (sulfide) groups is 1. The molecular formula is C16H22N2O4S. The highest BCUT2D eigenvalue weighted by Crippen LogP contribution is 2.24. The van der Waals surface area contributed by atoms with Gasteiger partial charge in [-0.3, -0.25) is 14.4 Å². The first-order valence-electron chi connectivity index (χ1n) is 7.16. The number of rotatable bonds is 7. The number of esters is 1. The molecule has 0 spiro atoms. The van der Waals surface area contributed by atoms with Gasteiger partial charge in [-0.15, -0.1) is 11.8 Å². The van der Waals surface area contributed by atoms with Gasteiger partial charge in [-0.2, -0.15) is 0 Å². The van der Waals surface area contributed by atoms with Crippen molar-refractivity contribution in [2.75, 3.05) is 27.2 Å². The van der Waals surface area contributed by atoms with Crippen LogP contribution in [0.5, 0.6) is 0 Å². The first-order valence-corrected chi connectivity index (χ1v) is 8.04. The van der Waals surface area contributed by atoms with Crippen LogP contribution < -0.4 is 5.32 Å². The molecule has 0 unspecified atom stereocenters. The van der Waals surface area contributed by atoms with Gasteiger partial charge in [-0.1, -0.05) is 17.7 Å². The molecule has 126 valence electrons. The number of amides is 2. The standard InChI is InChI=1S/C16H22N2O4S/c1-11-5-7-13(8-6-11)23-12(2)16(21)22-10-14(19)17-9-15(20)18(3)4/h5-8,12H,9-10H2,1-4H3,(H,17,19)/t12-/m1/s1. The highest BCUT2D eigenvalue weighted by atomic mass is 32.2. The van der Waals surface area contributed by atoms with E-state index in [4.69, 9.17) is 4.74 Å². The fraction of sp³-hybridized carbons (Fsp3) is 0.438. The summed E-state index contributed by atoms with van der Waals surface area (Å²) in [7, 11) is 3.19. The number of hydrogen-bond acceptors (Lipinski definition) is 5. The predicted molar refractivity (Wildman–Crippen MR) is 89.2 cm³/mol. The van der Waals surface area contributed by atoms with Crippen LogP contribution in [0.25, 0.3) is 0 Å². The summed E-state index contributed by atoms with van der Waals surface area (Å²) in [6.45, 7) is 3.21. The molecule has 0 saturated carbocycles. The summed E-state index contributed by atoms with van der Waals surface area (Å²) in [4.78, 5) is 37.0. The molecule has 7 heteroatoms. The smallest absolute Gasteiger partial charge is 0.319 e. The van der Waals surface area contributed by atoms with Crippen molar-refractivity contribution < 1.29 is 19.1 Å². The normalized spacial score (nSPS) is 11.5. The molecule has 2 amide bonds. The molecule has 1 aromatic carbocycles. The molecule has 0 aliphatic carbocycles. The first kappa shape index (κ1) is 19.0. The van der Waals surface area contributed by atoms with Gasteiger partial charge >= 0.3 is 5.97 Å². The average Bonchev–Trinajstić information content (AvgIpc) is 2.52. The minimum atomic E-state index is -0.499. The van der Waals surface area contributed by atoms with E-state index < -0.39 is 23.7 Å². The van der Waals surface area contributed by atoms with Gasteiger partial charge in [-0.05, 0) is 26.0 Å². The minimum Gasteiger partial charge on any atom is -0.455 e. The zero-order valence-corrected chi connectivity index (χ0v) is 14.6. The SMILES string of the molecule is Cc1ccc(S[C@H](C)C(=O)OCC(=O)NCC(=O)N(C)C)cc1. The van der Waals surface area contributed by atoms with E-state index in [0.29, 0.717) is 0 Å².